The molecule has 0 spiro atoms. The van der Waals surface area contributed by atoms with Crippen molar-refractivity contribution in [3.05, 3.63) is 53.2 Å². The summed E-state index contributed by atoms with van der Waals surface area (Å²) in [6.07, 6.45) is 5.95. The summed E-state index contributed by atoms with van der Waals surface area (Å²) >= 11 is 0. The number of fused-ring (bicyclic) bond motifs is 2. The fourth-order valence-electron chi connectivity index (χ4n) is 3.37. The first-order chi connectivity index (χ1) is 12.7. The van der Waals surface area contributed by atoms with Crippen LogP contribution in [0.3, 0.4) is 0 Å². The first-order valence-corrected chi connectivity index (χ1v) is 8.97. The second-order valence-electron chi connectivity index (χ2n) is 6.55. The molecule has 5 nitrogen and oxygen atoms in total. The van der Waals surface area contributed by atoms with Crippen molar-refractivity contribution in [2.45, 2.75) is 39.0 Å². The van der Waals surface area contributed by atoms with Gasteiger partial charge < -0.3 is 4.74 Å². The van der Waals surface area contributed by atoms with Crippen LogP contribution in [0.2, 0.25) is 0 Å². The molecule has 0 saturated carbocycles. The summed E-state index contributed by atoms with van der Waals surface area (Å²) in [5.41, 5.74) is 4.41. The van der Waals surface area contributed by atoms with Gasteiger partial charge >= 0.3 is 5.97 Å². The second kappa shape index (κ2) is 6.86. The summed E-state index contributed by atoms with van der Waals surface area (Å²) in [7, 11) is 0. The minimum absolute atomic E-state index is 0.105. The molecule has 0 N–H and O–H groups in total. The zero-order chi connectivity index (χ0) is 18.1. The summed E-state index contributed by atoms with van der Waals surface area (Å²) < 4.78 is 20.4. The molecule has 134 valence electrons. The van der Waals surface area contributed by atoms with Gasteiger partial charge in [0.05, 0.1) is 24.4 Å². The van der Waals surface area contributed by atoms with Crippen LogP contribution in [0.15, 0.2) is 30.5 Å². The van der Waals surface area contributed by atoms with Crippen LogP contribution in [0.1, 0.15) is 36.7 Å². The van der Waals surface area contributed by atoms with Gasteiger partial charge in [0.1, 0.15) is 5.82 Å². The third-order valence-corrected chi connectivity index (χ3v) is 4.64. The predicted octanol–water partition coefficient (Wildman–Crippen LogP) is 3.52. The fourth-order valence-corrected chi connectivity index (χ4v) is 3.37. The van der Waals surface area contributed by atoms with E-state index in [1.165, 1.54) is 17.7 Å². The van der Waals surface area contributed by atoms with Crippen LogP contribution in [-0.2, 0) is 28.8 Å². The topological polar surface area (TPSA) is 56.5 Å². The van der Waals surface area contributed by atoms with Crippen molar-refractivity contribution in [1.29, 1.82) is 0 Å². The Hall–Kier alpha value is -2.76. The maximum atomic E-state index is 13.3. The molecule has 1 aliphatic rings. The molecule has 0 radical (unpaired) electrons. The molecule has 1 aromatic carbocycles. The van der Waals surface area contributed by atoms with Gasteiger partial charge in [-0.3, -0.25) is 9.20 Å². The van der Waals surface area contributed by atoms with Crippen LogP contribution >= 0.6 is 0 Å². The maximum Gasteiger partial charge on any atom is 0.311 e. The van der Waals surface area contributed by atoms with E-state index in [9.17, 15) is 9.18 Å². The smallest absolute Gasteiger partial charge is 0.311 e. The van der Waals surface area contributed by atoms with Crippen molar-refractivity contribution >= 4 is 11.7 Å². The van der Waals surface area contributed by atoms with Gasteiger partial charge in [-0.2, -0.15) is 0 Å². The Labute approximate surface area is 150 Å². The van der Waals surface area contributed by atoms with Gasteiger partial charge in [0.2, 0.25) is 5.78 Å². The Bertz CT molecular complexity index is 963. The number of carbonyl (C=O) groups is 1. The van der Waals surface area contributed by atoms with Crippen LogP contribution in [0, 0.1) is 5.82 Å². The van der Waals surface area contributed by atoms with Crippen molar-refractivity contribution in [1.82, 2.24) is 14.4 Å². The number of ether oxygens (including phenoxy) is 1. The van der Waals surface area contributed by atoms with Crippen molar-refractivity contribution in [3.8, 4) is 11.3 Å². The summed E-state index contributed by atoms with van der Waals surface area (Å²) in [4.78, 5) is 21.6. The van der Waals surface area contributed by atoms with E-state index >= 15 is 0 Å². The minimum Gasteiger partial charge on any atom is -0.465 e. The Kier molecular flexibility index (Phi) is 4.41. The Balaban J connectivity index is 1.82. The van der Waals surface area contributed by atoms with Gasteiger partial charge in [0.25, 0.3) is 0 Å². The number of esters is 1. The molecule has 26 heavy (non-hydrogen) atoms. The van der Waals surface area contributed by atoms with Gasteiger partial charge in [0, 0.05) is 17.5 Å². The molecule has 0 unspecified atom stereocenters. The molecule has 4 rings (SSSR count). The number of aromatic nitrogens is 3. The zero-order valence-electron chi connectivity index (χ0n) is 14.7. The maximum absolute atomic E-state index is 13.3. The highest BCUT2D eigenvalue weighted by Crippen LogP contribution is 2.28. The van der Waals surface area contributed by atoms with Crippen LogP contribution in [0.4, 0.5) is 4.39 Å². The van der Waals surface area contributed by atoms with Crippen molar-refractivity contribution in [3.63, 3.8) is 0 Å². The first-order valence-electron chi connectivity index (χ1n) is 8.97. The Morgan fingerprint density at radius 3 is 2.81 bits per heavy atom. The van der Waals surface area contributed by atoms with Crippen LogP contribution in [-0.4, -0.2) is 26.9 Å². The monoisotopic (exact) mass is 353 g/mol. The number of hydrogen-bond acceptors (Lipinski definition) is 4. The second-order valence-corrected chi connectivity index (χ2v) is 6.55. The van der Waals surface area contributed by atoms with Crippen molar-refractivity contribution in [2.75, 3.05) is 6.61 Å². The number of halogens is 1. The molecule has 0 fully saturated rings. The number of carbonyl (C=O) groups excluding carboxylic acids is 1. The quantitative estimate of drug-likeness (QED) is 0.659. The number of hydrogen-bond donors (Lipinski definition) is 0. The summed E-state index contributed by atoms with van der Waals surface area (Å²) in [5.74, 6) is -0.0284. The van der Waals surface area contributed by atoms with E-state index in [4.69, 9.17) is 4.74 Å². The van der Waals surface area contributed by atoms with Gasteiger partial charge in [-0.1, -0.05) is 6.92 Å². The largest absolute Gasteiger partial charge is 0.465 e. The summed E-state index contributed by atoms with van der Waals surface area (Å²) in [6.45, 7) is 2.35. The van der Waals surface area contributed by atoms with Crippen LogP contribution < -0.4 is 0 Å². The van der Waals surface area contributed by atoms with Crippen LogP contribution in [0.5, 0.6) is 0 Å². The highest BCUT2D eigenvalue weighted by Gasteiger charge is 2.21. The molecule has 2 aromatic heterocycles. The standard InChI is InChI=1S/C20H20FN3O2/c1-2-10-26-18(25)11-17-19(13-6-8-15(21)9-7-13)23-20-22-16-5-3-4-14(16)12-24(17)20/h6-9,12H,2-5,10-11H2,1H3. The average Bonchev–Trinajstić information content (AvgIpc) is 3.23. The Morgan fingerprint density at radius 1 is 1.23 bits per heavy atom. The number of imidazole rings is 1. The van der Waals surface area contributed by atoms with Gasteiger partial charge in [0.15, 0.2) is 0 Å². The summed E-state index contributed by atoms with van der Waals surface area (Å²) in [6, 6.07) is 6.13. The molecule has 1 aliphatic carbocycles. The Morgan fingerprint density at radius 2 is 2.04 bits per heavy atom. The van der Waals surface area contributed by atoms with E-state index in [0.29, 0.717) is 18.1 Å². The van der Waals surface area contributed by atoms with E-state index < -0.39 is 0 Å². The number of rotatable bonds is 5. The first kappa shape index (κ1) is 16.7. The van der Waals surface area contributed by atoms with Crippen molar-refractivity contribution in [2.24, 2.45) is 0 Å². The average molecular weight is 353 g/mol. The zero-order valence-corrected chi connectivity index (χ0v) is 14.7. The normalized spacial score (nSPS) is 13.2. The van der Waals surface area contributed by atoms with Gasteiger partial charge in [-0.05, 0) is 55.5 Å². The van der Waals surface area contributed by atoms with Crippen molar-refractivity contribution < 1.29 is 13.9 Å². The van der Waals surface area contributed by atoms with Crippen LogP contribution in [0.25, 0.3) is 17.0 Å². The third-order valence-electron chi connectivity index (χ3n) is 4.64. The number of benzene rings is 1. The minimum atomic E-state index is -0.307. The summed E-state index contributed by atoms with van der Waals surface area (Å²) in [5, 5.41) is 0. The number of nitrogens with zero attached hydrogens (tertiary/aromatic N) is 3. The molecule has 0 amide bonds. The van der Waals surface area contributed by atoms with E-state index in [0.717, 1.165) is 42.6 Å². The molecule has 2 heterocycles. The molecule has 0 saturated heterocycles. The lowest BCUT2D eigenvalue weighted by Gasteiger charge is -2.07. The highest BCUT2D eigenvalue weighted by molar-refractivity contribution is 5.77. The highest BCUT2D eigenvalue weighted by atomic mass is 19.1. The van der Waals surface area contributed by atoms with Gasteiger partial charge in [-0.25, -0.2) is 14.4 Å². The SMILES string of the molecule is CCCOC(=O)Cc1c(-c2ccc(F)cc2)nc2nc3c(cn12)CCC3. The van der Waals surface area contributed by atoms with E-state index in [1.54, 1.807) is 12.1 Å². The molecule has 6 heteroatoms. The van der Waals surface area contributed by atoms with E-state index in [1.807, 2.05) is 17.5 Å². The van der Waals surface area contributed by atoms with E-state index in [-0.39, 0.29) is 18.2 Å². The van der Waals surface area contributed by atoms with Gasteiger partial charge in [-0.15, -0.1) is 0 Å². The lowest BCUT2D eigenvalue weighted by molar-refractivity contribution is -0.142. The molecular formula is C20H20FN3O2. The lowest BCUT2D eigenvalue weighted by Crippen LogP contribution is -2.11. The predicted molar refractivity (Wildman–Crippen MR) is 95.4 cm³/mol. The molecule has 3 aromatic rings. The lowest BCUT2D eigenvalue weighted by atomic mass is 10.1. The third kappa shape index (κ3) is 3.07. The molecule has 0 atom stereocenters. The molecular weight excluding hydrogens is 333 g/mol. The fraction of sp³-hybridized carbons (Fsp3) is 0.350. The van der Waals surface area contributed by atoms with E-state index in [2.05, 4.69) is 9.97 Å². The molecule has 0 aliphatic heterocycles. The molecule has 0 bridgehead atoms. The number of aryl methyl sites for hydroxylation is 2.